The molecule has 0 bridgehead atoms. The van der Waals surface area contributed by atoms with Crippen molar-refractivity contribution in [2.24, 2.45) is 5.92 Å². The molecule has 0 unspecified atom stereocenters. The van der Waals surface area contributed by atoms with E-state index < -0.39 is 0 Å². The quantitative estimate of drug-likeness (QED) is 0.858. The van der Waals surface area contributed by atoms with Gasteiger partial charge in [-0.15, -0.1) is 10.2 Å². The van der Waals surface area contributed by atoms with Crippen molar-refractivity contribution in [1.29, 1.82) is 0 Å². The highest BCUT2D eigenvalue weighted by molar-refractivity contribution is 5.76. The molecule has 1 aromatic rings. The fourth-order valence-corrected chi connectivity index (χ4v) is 4.65. The molecule has 0 aromatic carbocycles. The van der Waals surface area contributed by atoms with Gasteiger partial charge in [0, 0.05) is 38.4 Å². The zero-order valence-electron chi connectivity index (χ0n) is 14.0. The number of rotatable bonds is 4. The third kappa shape index (κ3) is 3.15. The van der Waals surface area contributed by atoms with Crippen molar-refractivity contribution in [1.82, 2.24) is 19.7 Å². The first-order valence-electron chi connectivity index (χ1n) is 9.51. The highest BCUT2D eigenvalue weighted by atomic mass is 16.2. The van der Waals surface area contributed by atoms with Gasteiger partial charge in [0.25, 0.3) is 0 Å². The molecule has 3 heterocycles. The summed E-state index contributed by atoms with van der Waals surface area (Å²) in [6.45, 7) is 2.88. The molecular formula is C18H28N4O. The van der Waals surface area contributed by atoms with Gasteiger partial charge in [-0.2, -0.15) is 0 Å². The van der Waals surface area contributed by atoms with Gasteiger partial charge >= 0.3 is 0 Å². The number of hydrogen-bond acceptors (Lipinski definition) is 3. The molecule has 3 aliphatic rings. The highest BCUT2D eigenvalue weighted by Gasteiger charge is 2.29. The molecule has 0 spiro atoms. The van der Waals surface area contributed by atoms with Crippen LogP contribution in [-0.4, -0.2) is 38.7 Å². The van der Waals surface area contributed by atoms with Crippen LogP contribution in [0.25, 0.3) is 0 Å². The number of amides is 1. The molecule has 23 heavy (non-hydrogen) atoms. The number of fused-ring (bicyclic) bond motifs is 1. The Balaban J connectivity index is 1.27. The Morgan fingerprint density at radius 1 is 1.00 bits per heavy atom. The van der Waals surface area contributed by atoms with Crippen LogP contribution in [0.5, 0.6) is 0 Å². The van der Waals surface area contributed by atoms with Gasteiger partial charge in [-0.3, -0.25) is 4.79 Å². The number of carbonyl (C=O) groups excluding carboxylic acids is 1. The summed E-state index contributed by atoms with van der Waals surface area (Å²) in [5.41, 5.74) is 0. The fourth-order valence-electron chi connectivity index (χ4n) is 4.65. The van der Waals surface area contributed by atoms with E-state index in [2.05, 4.69) is 19.7 Å². The number of likely N-dealkylation sites (tertiary alicyclic amines) is 1. The Labute approximate surface area is 138 Å². The zero-order valence-corrected chi connectivity index (χ0v) is 14.0. The second kappa shape index (κ2) is 6.62. The molecule has 0 N–H and O–H groups in total. The van der Waals surface area contributed by atoms with E-state index in [0.717, 1.165) is 63.5 Å². The minimum Gasteiger partial charge on any atom is -0.343 e. The molecule has 1 aliphatic carbocycles. The normalized spacial score (nSPS) is 22.7. The van der Waals surface area contributed by atoms with E-state index in [-0.39, 0.29) is 0 Å². The SMILES string of the molecule is O=C(CCC1CCCC1)N1CCC(c2nnc3n2CCC3)CC1. The second-order valence-corrected chi connectivity index (χ2v) is 7.57. The van der Waals surface area contributed by atoms with Crippen molar-refractivity contribution in [3.05, 3.63) is 11.6 Å². The third-order valence-corrected chi connectivity index (χ3v) is 6.09. The molecular weight excluding hydrogens is 288 g/mol. The van der Waals surface area contributed by atoms with Crippen LogP contribution >= 0.6 is 0 Å². The van der Waals surface area contributed by atoms with Crippen molar-refractivity contribution in [3.63, 3.8) is 0 Å². The van der Waals surface area contributed by atoms with Gasteiger partial charge in [0.1, 0.15) is 11.6 Å². The summed E-state index contributed by atoms with van der Waals surface area (Å²) in [7, 11) is 0. The van der Waals surface area contributed by atoms with Crippen molar-refractivity contribution >= 4 is 5.91 Å². The summed E-state index contributed by atoms with van der Waals surface area (Å²) in [6, 6.07) is 0. The highest BCUT2D eigenvalue weighted by Crippen LogP contribution is 2.31. The third-order valence-electron chi connectivity index (χ3n) is 6.09. The minimum absolute atomic E-state index is 0.377. The second-order valence-electron chi connectivity index (χ2n) is 7.57. The number of carbonyl (C=O) groups is 1. The van der Waals surface area contributed by atoms with Crippen LogP contribution < -0.4 is 0 Å². The maximum atomic E-state index is 12.4. The summed E-state index contributed by atoms with van der Waals surface area (Å²) >= 11 is 0. The zero-order chi connectivity index (χ0) is 15.6. The number of piperidine rings is 1. The van der Waals surface area contributed by atoms with Crippen LogP contribution in [0.2, 0.25) is 0 Å². The van der Waals surface area contributed by atoms with Gasteiger partial charge in [0.05, 0.1) is 0 Å². The average molecular weight is 316 g/mol. The Morgan fingerprint density at radius 2 is 1.78 bits per heavy atom. The predicted molar refractivity (Wildman–Crippen MR) is 88.1 cm³/mol. The minimum atomic E-state index is 0.377. The van der Waals surface area contributed by atoms with Gasteiger partial charge in [0.15, 0.2) is 0 Å². The lowest BCUT2D eigenvalue weighted by Gasteiger charge is -2.32. The molecule has 126 valence electrons. The summed E-state index contributed by atoms with van der Waals surface area (Å²) in [4.78, 5) is 14.5. The number of aromatic nitrogens is 3. The standard InChI is InChI=1S/C18H28N4O/c23-17(8-7-14-4-1-2-5-14)21-12-9-15(10-13-21)18-20-19-16-6-3-11-22(16)18/h14-15H,1-13H2. The van der Waals surface area contributed by atoms with Crippen LogP contribution in [0.4, 0.5) is 0 Å². The predicted octanol–water partition coefficient (Wildman–Crippen LogP) is 2.90. The molecule has 1 saturated heterocycles. The van der Waals surface area contributed by atoms with Crippen LogP contribution in [0.3, 0.4) is 0 Å². The van der Waals surface area contributed by atoms with Crippen LogP contribution in [-0.2, 0) is 17.8 Å². The fraction of sp³-hybridized carbons (Fsp3) is 0.833. The summed E-state index contributed by atoms with van der Waals surface area (Å²) in [6.07, 6.45) is 11.7. The summed E-state index contributed by atoms with van der Waals surface area (Å²) in [5, 5.41) is 8.76. The van der Waals surface area contributed by atoms with Gasteiger partial charge in [-0.25, -0.2) is 0 Å². The first-order valence-corrected chi connectivity index (χ1v) is 9.51. The van der Waals surface area contributed by atoms with Crippen molar-refractivity contribution in [3.8, 4) is 0 Å². The molecule has 0 atom stereocenters. The monoisotopic (exact) mass is 316 g/mol. The lowest BCUT2D eigenvalue weighted by atomic mass is 9.95. The maximum Gasteiger partial charge on any atom is 0.222 e. The Kier molecular flexibility index (Phi) is 4.36. The molecule has 2 aliphatic heterocycles. The Bertz CT molecular complexity index is 553. The Morgan fingerprint density at radius 3 is 2.57 bits per heavy atom. The van der Waals surface area contributed by atoms with Gasteiger partial charge < -0.3 is 9.47 Å². The lowest BCUT2D eigenvalue weighted by Crippen LogP contribution is -2.38. The topological polar surface area (TPSA) is 51.0 Å². The van der Waals surface area contributed by atoms with E-state index in [9.17, 15) is 4.79 Å². The molecule has 5 heteroatoms. The van der Waals surface area contributed by atoms with E-state index in [1.54, 1.807) is 0 Å². The molecule has 4 rings (SSSR count). The van der Waals surface area contributed by atoms with E-state index >= 15 is 0 Å². The van der Waals surface area contributed by atoms with Crippen LogP contribution in [0.15, 0.2) is 0 Å². The van der Waals surface area contributed by atoms with Crippen LogP contribution in [0.1, 0.15) is 75.4 Å². The molecule has 0 radical (unpaired) electrons. The summed E-state index contributed by atoms with van der Waals surface area (Å²) < 4.78 is 2.32. The number of hydrogen-bond donors (Lipinski definition) is 0. The summed E-state index contributed by atoms with van der Waals surface area (Å²) in [5.74, 6) is 4.02. The smallest absolute Gasteiger partial charge is 0.222 e. The lowest BCUT2D eigenvalue weighted by molar-refractivity contribution is -0.132. The van der Waals surface area contributed by atoms with Gasteiger partial charge in [-0.1, -0.05) is 25.7 Å². The van der Waals surface area contributed by atoms with Gasteiger partial charge in [-0.05, 0) is 31.6 Å². The number of nitrogens with zero attached hydrogens (tertiary/aromatic N) is 4. The van der Waals surface area contributed by atoms with Crippen molar-refractivity contribution in [2.75, 3.05) is 13.1 Å². The van der Waals surface area contributed by atoms with Crippen molar-refractivity contribution < 1.29 is 4.79 Å². The van der Waals surface area contributed by atoms with Crippen molar-refractivity contribution in [2.45, 2.75) is 76.7 Å². The van der Waals surface area contributed by atoms with Crippen LogP contribution in [0, 0.1) is 5.92 Å². The molecule has 1 amide bonds. The molecule has 5 nitrogen and oxygen atoms in total. The van der Waals surface area contributed by atoms with E-state index in [1.165, 1.54) is 37.9 Å². The van der Waals surface area contributed by atoms with E-state index in [0.29, 0.717) is 11.8 Å². The maximum absolute atomic E-state index is 12.4. The number of aryl methyl sites for hydroxylation is 1. The first-order chi connectivity index (χ1) is 11.3. The van der Waals surface area contributed by atoms with Gasteiger partial charge in [0.2, 0.25) is 5.91 Å². The van der Waals surface area contributed by atoms with E-state index in [4.69, 9.17) is 0 Å². The molecule has 2 fully saturated rings. The molecule has 1 aromatic heterocycles. The average Bonchev–Trinajstić information content (AvgIpc) is 3.30. The first kappa shape index (κ1) is 15.2. The molecule has 1 saturated carbocycles. The Hall–Kier alpha value is -1.39. The van der Waals surface area contributed by atoms with E-state index in [1.807, 2.05) is 0 Å². The largest absolute Gasteiger partial charge is 0.343 e.